The number of rotatable bonds is 20. The number of nitro groups is 2. The molecule has 11 rings (SSSR count). The number of nitro benzene ring substituents is 2. The van der Waals surface area contributed by atoms with Crippen LogP contribution in [0.4, 0.5) is 11.4 Å². The van der Waals surface area contributed by atoms with E-state index in [2.05, 4.69) is 9.97 Å². The Morgan fingerprint density at radius 3 is 0.873 bits per heavy atom. The maximum Gasteiger partial charge on any atom is 0.303 e. The van der Waals surface area contributed by atoms with E-state index in [4.69, 9.17) is 66.8 Å². The number of ether oxygens (including phenoxy) is 12. The van der Waals surface area contributed by atoms with E-state index in [1.165, 1.54) is 24.3 Å². The lowest BCUT2D eigenvalue weighted by molar-refractivity contribution is -0.385. The fourth-order valence-corrected chi connectivity index (χ4v) is 12.2. The Morgan fingerprint density at radius 1 is 0.363 bits per heavy atom. The maximum atomic E-state index is 12.7. The summed E-state index contributed by atoms with van der Waals surface area (Å²) in [6, 6.07) is 32.3. The highest BCUT2D eigenvalue weighted by Crippen LogP contribution is 2.41. The summed E-state index contributed by atoms with van der Waals surface area (Å²) in [6.07, 6.45) is -7.57. The van der Waals surface area contributed by atoms with Gasteiger partial charge in [-0.05, 0) is 119 Å². The Hall–Kier alpha value is -12.4. The molecule has 526 valence electrons. The number of aromatic amines is 2. The van der Waals surface area contributed by atoms with Crippen molar-refractivity contribution in [2.45, 2.75) is 117 Å². The van der Waals surface area contributed by atoms with E-state index in [1.807, 2.05) is 24.3 Å². The van der Waals surface area contributed by atoms with Crippen LogP contribution in [-0.4, -0.2) is 152 Å². The second-order valence-electron chi connectivity index (χ2n) is 23.5. The summed E-state index contributed by atoms with van der Waals surface area (Å²) in [5, 5.41) is 24.1. The molecule has 8 bridgehead atoms. The first-order valence-electron chi connectivity index (χ1n) is 31.6. The van der Waals surface area contributed by atoms with Crippen molar-refractivity contribution in [2.24, 2.45) is 0 Å². The summed E-state index contributed by atoms with van der Waals surface area (Å²) in [4.78, 5) is 141. The van der Waals surface area contributed by atoms with E-state index in [-0.39, 0.29) is 22.9 Å². The minimum absolute atomic E-state index is 0.128. The third kappa shape index (κ3) is 16.1. The van der Waals surface area contributed by atoms with Crippen LogP contribution >= 0.6 is 0 Å². The molecule has 4 aliphatic heterocycles. The lowest BCUT2D eigenvalue weighted by Crippen LogP contribution is -2.63. The maximum absolute atomic E-state index is 12.7. The summed E-state index contributed by atoms with van der Waals surface area (Å²) in [6.45, 7) is 7.93. The molecule has 0 saturated carbocycles. The van der Waals surface area contributed by atoms with Gasteiger partial charge in [0.25, 0.3) is 11.4 Å². The van der Waals surface area contributed by atoms with E-state index < -0.39 is 132 Å². The molecular weight excluding hydrogens is 1330 g/mol. The van der Waals surface area contributed by atoms with E-state index in [0.29, 0.717) is 89.4 Å². The lowest BCUT2D eigenvalue weighted by Gasteiger charge is -2.43. The number of hydrogen-bond acceptors (Lipinski definition) is 26. The average Bonchev–Trinajstić information content (AvgIpc) is 1.39. The molecule has 0 aliphatic carbocycles. The molecule has 3 aromatic heterocycles. The van der Waals surface area contributed by atoms with E-state index in [0.717, 1.165) is 55.4 Å². The summed E-state index contributed by atoms with van der Waals surface area (Å²) >= 11 is 0. The third-order valence-electron chi connectivity index (χ3n) is 16.2. The molecule has 0 amide bonds. The predicted molar refractivity (Wildman–Crippen MR) is 359 cm³/mol. The molecule has 2 saturated heterocycles. The number of aromatic nitrogens is 4. The molecule has 7 heterocycles. The fraction of sp³-hybridized carbons (Fsp3) is 0.278. The number of nitrogens with zero attached hydrogens (tertiary/aromatic N) is 4. The monoisotopic (exact) mass is 1400 g/mol. The van der Waals surface area contributed by atoms with Crippen molar-refractivity contribution in [1.29, 1.82) is 0 Å². The zero-order valence-corrected chi connectivity index (χ0v) is 55.6. The lowest BCUT2D eigenvalue weighted by atomic mass is 9.98. The molecule has 2 fully saturated rings. The van der Waals surface area contributed by atoms with E-state index in [9.17, 15) is 58.6 Å². The molecule has 7 aromatic rings. The van der Waals surface area contributed by atoms with Gasteiger partial charge in [0.1, 0.15) is 36.9 Å². The highest BCUT2D eigenvalue weighted by molar-refractivity contribution is 6.00. The summed E-state index contributed by atoms with van der Waals surface area (Å²) in [5.74, 6) is -6.12. The van der Waals surface area contributed by atoms with Gasteiger partial charge in [-0.25, -0.2) is 9.97 Å². The van der Waals surface area contributed by atoms with Gasteiger partial charge in [0.15, 0.2) is 24.4 Å². The van der Waals surface area contributed by atoms with Crippen LogP contribution in [0.25, 0.3) is 90.9 Å². The standard InChI is InChI=1S/C72H64N6O24/c1-35(79)91-33-59-65(93-37(3)81)67(95-39(5)83)69(97-41(7)85)71(101-59)99-49-21-13-45(14-22-49)63-55-29-25-51(73-55)61(43-9-17-47(18-10-43)77(87)88)53-27-31-57(75-53)64(58-32-28-54(76-58)62(52-26-30-56(63)74-52)44-11-19-48(20-12-44)78(89)90)46-15-23-50(24-16-46)100-72-70(98-42(8)86)68(96-40(6)84)66(94-38(4)82)60(102-72)34-92-36(2)80/h9-32,59-60,65-73,76H,33-34H2,1-8H3/t59-,60-,65-,66-,67+,68+,69-,70-,71-,72-/m1/s1. The van der Waals surface area contributed by atoms with Gasteiger partial charge >= 0.3 is 47.8 Å². The molecule has 10 atom stereocenters. The van der Waals surface area contributed by atoms with Crippen LogP contribution in [0.3, 0.4) is 0 Å². The zero-order chi connectivity index (χ0) is 72.8. The number of H-pyrrole nitrogens is 2. The van der Waals surface area contributed by atoms with Crippen molar-refractivity contribution in [3.63, 3.8) is 0 Å². The molecule has 102 heavy (non-hydrogen) atoms. The van der Waals surface area contributed by atoms with Gasteiger partial charge in [0.2, 0.25) is 24.8 Å². The number of esters is 8. The number of non-ortho nitro benzene ring substituents is 2. The molecular formula is C72H64N6O24. The van der Waals surface area contributed by atoms with Crippen LogP contribution in [0.15, 0.2) is 121 Å². The molecule has 4 aromatic carbocycles. The van der Waals surface area contributed by atoms with Gasteiger partial charge in [-0.2, -0.15) is 0 Å². The number of fused-ring (bicyclic) bond motifs is 8. The largest absolute Gasteiger partial charge is 0.463 e. The molecule has 0 radical (unpaired) electrons. The Bertz CT molecular complexity index is 4420. The topological polar surface area (TPSA) is 391 Å². The first-order valence-corrected chi connectivity index (χ1v) is 31.6. The van der Waals surface area contributed by atoms with Crippen LogP contribution in [0, 0.1) is 20.2 Å². The molecule has 30 heteroatoms. The number of hydrogen-bond donors (Lipinski definition) is 2. The first-order chi connectivity index (χ1) is 48.7. The van der Waals surface area contributed by atoms with Crippen LogP contribution in [-0.2, 0) is 85.7 Å². The van der Waals surface area contributed by atoms with Crippen LogP contribution < -0.4 is 9.47 Å². The van der Waals surface area contributed by atoms with Crippen molar-refractivity contribution in [3.05, 3.63) is 164 Å². The first kappa shape index (κ1) is 70.9. The van der Waals surface area contributed by atoms with Crippen molar-refractivity contribution >= 4 is 106 Å². The number of nitrogens with one attached hydrogen (secondary N) is 2. The van der Waals surface area contributed by atoms with E-state index in [1.54, 1.807) is 97.1 Å². The van der Waals surface area contributed by atoms with Gasteiger partial charge in [-0.1, -0.05) is 24.3 Å². The van der Waals surface area contributed by atoms with Crippen LogP contribution in [0.2, 0.25) is 0 Å². The van der Waals surface area contributed by atoms with Gasteiger partial charge in [-0.3, -0.25) is 58.6 Å². The Balaban J connectivity index is 1.08. The normalized spacial score (nSPS) is 20.4. The minimum Gasteiger partial charge on any atom is -0.463 e. The second-order valence-corrected chi connectivity index (χ2v) is 23.5. The quantitative estimate of drug-likeness (QED) is 0.0310. The van der Waals surface area contributed by atoms with Crippen LogP contribution in [0.1, 0.15) is 78.2 Å². The van der Waals surface area contributed by atoms with E-state index >= 15 is 0 Å². The van der Waals surface area contributed by atoms with Gasteiger partial charge in [-0.15, -0.1) is 0 Å². The van der Waals surface area contributed by atoms with Crippen molar-refractivity contribution in [1.82, 2.24) is 19.9 Å². The van der Waals surface area contributed by atoms with Gasteiger partial charge in [0.05, 0.1) is 32.6 Å². The SMILES string of the molecule is CC(=O)OC[C@H]1O[C@@H](Oc2ccc(-c3c4nc(c(-c5ccc([N+](=O)[O-])cc5)c5ccc([nH]5)c(-c5ccc(O[C@@H]6O[C@H](COC(C)=O)[C@@H](OC(C)=O)[C@H](OC(C)=O)[C@H]6OC(C)=O)cc5)c5nc(c(-c6ccc([N+](=O)[O-])cc6)c6ccc3[nH]6)C=C5)C=C4)cc2)[C@H](OC(C)=O)[C@@H](OC(C)=O)[C@@H]1OC(C)=O. The second kappa shape index (κ2) is 30.4. The average molecular weight is 1400 g/mol. The molecule has 30 nitrogen and oxygen atoms in total. The molecule has 4 aliphatic rings. The van der Waals surface area contributed by atoms with Crippen molar-refractivity contribution in [3.8, 4) is 56.0 Å². The highest BCUT2D eigenvalue weighted by atomic mass is 16.8. The molecule has 0 unspecified atom stereocenters. The fourth-order valence-electron chi connectivity index (χ4n) is 12.2. The van der Waals surface area contributed by atoms with Crippen molar-refractivity contribution < 1.29 is 105 Å². The Labute approximate surface area is 578 Å². The summed E-state index contributed by atoms with van der Waals surface area (Å²) in [5.41, 5.74) is 7.46. The molecule has 2 N–H and O–H groups in total. The Kier molecular flexibility index (Phi) is 21.1. The van der Waals surface area contributed by atoms with Gasteiger partial charge in [0, 0.05) is 124 Å². The number of carbonyl (C=O) groups is 8. The van der Waals surface area contributed by atoms with Crippen molar-refractivity contribution in [2.75, 3.05) is 13.2 Å². The molecule has 0 spiro atoms. The Morgan fingerprint density at radius 2 is 0.618 bits per heavy atom. The summed E-state index contributed by atoms with van der Waals surface area (Å²) in [7, 11) is 0. The predicted octanol–water partition coefficient (Wildman–Crippen LogP) is 10.1. The highest BCUT2D eigenvalue weighted by Gasteiger charge is 2.55. The zero-order valence-electron chi connectivity index (χ0n) is 55.6. The number of carbonyl (C=O) groups excluding carboxylic acids is 8. The minimum atomic E-state index is -1.56. The smallest absolute Gasteiger partial charge is 0.303 e. The third-order valence-corrected chi connectivity index (χ3v) is 16.2. The van der Waals surface area contributed by atoms with Gasteiger partial charge < -0.3 is 66.8 Å². The number of benzene rings is 4. The van der Waals surface area contributed by atoms with Crippen LogP contribution in [0.5, 0.6) is 11.5 Å². The summed E-state index contributed by atoms with van der Waals surface area (Å²) < 4.78 is 69.4.